The Bertz CT molecular complexity index is 658. The standard InChI is InChI=1S/C15H11BrFNO2/c16-13-7-10(4-5-14(13)17)8-18-15(20)12-3-1-2-11(6-12)9-19/h1-7,9H,8H2,(H,18,20). The third-order valence-corrected chi connectivity index (χ3v) is 3.33. The maximum absolute atomic E-state index is 13.1. The van der Waals surface area contributed by atoms with Gasteiger partial charge in [0.2, 0.25) is 0 Å². The quantitative estimate of drug-likeness (QED) is 0.871. The maximum atomic E-state index is 13.1. The zero-order valence-corrected chi connectivity index (χ0v) is 12.0. The highest BCUT2D eigenvalue weighted by atomic mass is 79.9. The fourth-order valence-electron chi connectivity index (χ4n) is 1.69. The van der Waals surface area contributed by atoms with Crippen LogP contribution in [0.4, 0.5) is 4.39 Å². The zero-order valence-electron chi connectivity index (χ0n) is 10.4. The van der Waals surface area contributed by atoms with E-state index < -0.39 is 0 Å². The predicted octanol–water partition coefficient (Wildman–Crippen LogP) is 3.33. The first-order valence-corrected chi connectivity index (χ1v) is 6.67. The van der Waals surface area contributed by atoms with Gasteiger partial charge in [0.1, 0.15) is 12.1 Å². The summed E-state index contributed by atoms with van der Waals surface area (Å²) in [7, 11) is 0. The van der Waals surface area contributed by atoms with Gasteiger partial charge < -0.3 is 5.32 Å². The average Bonchev–Trinajstić information content (AvgIpc) is 2.48. The van der Waals surface area contributed by atoms with Crippen LogP contribution in [0.25, 0.3) is 0 Å². The van der Waals surface area contributed by atoms with Crippen LogP contribution < -0.4 is 5.32 Å². The Labute approximate surface area is 123 Å². The molecule has 0 atom stereocenters. The minimum atomic E-state index is -0.348. The van der Waals surface area contributed by atoms with Gasteiger partial charge in [-0.2, -0.15) is 0 Å². The lowest BCUT2D eigenvalue weighted by Crippen LogP contribution is -2.22. The molecule has 0 aliphatic rings. The molecule has 1 N–H and O–H groups in total. The Balaban J connectivity index is 2.04. The first kappa shape index (κ1) is 14.4. The van der Waals surface area contributed by atoms with Crippen LogP contribution in [0.2, 0.25) is 0 Å². The number of hydrogen-bond donors (Lipinski definition) is 1. The second-order valence-corrected chi connectivity index (χ2v) is 5.03. The second kappa shape index (κ2) is 6.43. The lowest BCUT2D eigenvalue weighted by Gasteiger charge is -2.06. The highest BCUT2D eigenvalue weighted by molar-refractivity contribution is 9.10. The molecule has 1 amide bonds. The van der Waals surface area contributed by atoms with E-state index in [-0.39, 0.29) is 18.3 Å². The molecule has 0 unspecified atom stereocenters. The van der Waals surface area contributed by atoms with Crippen LogP contribution >= 0.6 is 15.9 Å². The number of aldehydes is 1. The van der Waals surface area contributed by atoms with Crippen molar-refractivity contribution in [3.63, 3.8) is 0 Å². The van der Waals surface area contributed by atoms with Gasteiger partial charge in [0.05, 0.1) is 4.47 Å². The fraction of sp³-hybridized carbons (Fsp3) is 0.0667. The van der Waals surface area contributed by atoms with Gasteiger partial charge in [-0.25, -0.2) is 4.39 Å². The molecule has 0 heterocycles. The summed E-state index contributed by atoms with van der Waals surface area (Å²) in [5.41, 5.74) is 1.64. The molecule has 0 saturated carbocycles. The highest BCUT2D eigenvalue weighted by Gasteiger charge is 2.07. The SMILES string of the molecule is O=Cc1cccc(C(=O)NCc2ccc(F)c(Br)c2)c1. The van der Waals surface area contributed by atoms with E-state index in [1.807, 2.05) is 0 Å². The number of carbonyl (C=O) groups excluding carboxylic acids is 2. The van der Waals surface area contributed by atoms with Crippen molar-refractivity contribution >= 4 is 28.1 Å². The van der Waals surface area contributed by atoms with Crippen LogP contribution in [-0.4, -0.2) is 12.2 Å². The first-order chi connectivity index (χ1) is 9.60. The second-order valence-electron chi connectivity index (χ2n) is 4.17. The Hall–Kier alpha value is -2.01. The third-order valence-electron chi connectivity index (χ3n) is 2.72. The molecular weight excluding hydrogens is 325 g/mol. The summed E-state index contributed by atoms with van der Waals surface area (Å²) in [4.78, 5) is 22.6. The summed E-state index contributed by atoms with van der Waals surface area (Å²) in [6, 6.07) is 11.0. The van der Waals surface area contributed by atoms with Gasteiger partial charge in [-0.05, 0) is 45.8 Å². The molecule has 2 rings (SSSR count). The van der Waals surface area contributed by atoms with E-state index in [2.05, 4.69) is 21.2 Å². The minimum absolute atomic E-state index is 0.281. The Morgan fingerprint density at radius 1 is 1.25 bits per heavy atom. The number of nitrogens with one attached hydrogen (secondary N) is 1. The molecule has 20 heavy (non-hydrogen) atoms. The van der Waals surface area contributed by atoms with Crippen LogP contribution in [0.15, 0.2) is 46.9 Å². The normalized spacial score (nSPS) is 10.1. The van der Waals surface area contributed by atoms with Gasteiger partial charge in [-0.15, -0.1) is 0 Å². The van der Waals surface area contributed by atoms with Crippen molar-refractivity contribution in [2.45, 2.75) is 6.54 Å². The van der Waals surface area contributed by atoms with E-state index in [9.17, 15) is 14.0 Å². The maximum Gasteiger partial charge on any atom is 0.251 e. The van der Waals surface area contributed by atoms with Crippen molar-refractivity contribution in [3.05, 3.63) is 69.4 Å². The van der Waals surface area contributed by atoms with Crippen molar-refractivity contribution in [1.82, 2.24) is 5.32 Å². The molecule has 0 aromatic heterocycles. The lowest BCUT2D eigenvalue weighted by molar-refractivity contribution is 0.0951. The van der Waals surface area contributed by atoms with Crippen LogP contribution in [0, 0.1) is 5.82 Å². The monoisotopic (exact) mass is 335 g/mol. The van der Waals surface area contributed by atoms with E-state index >= 15 is 0 Å². The van der Waals surface area contributed by atoms with Gasteiger partial charge >= 0.3 is 0 Å². The van der Waals surface area contributed by atoms with E-state index in [4.69, 9.17) is 0 Å². The predicted molar refractivity (Wildman–Crippen MR) is 77.1 cm³/mol. The summed E-state index contributed by atoms with van der Waals surface area (Å²) in [5.74, 6) is -0.632. The molecule has 0 radical (unpaired) electrons. The largest absolute Gasteiger partial charge is 0.348 e. The van der Waals surface area contributed by atoms with Crippen molar-refractivity contribution < 1.29 is 14.0 Å². The van der Waals surface area contributed by atoms with Crippen molar-refractivity contribution in [1.29, 1.82) is 0 Å². The first-order valence-electron chi connectivity index (χ1n) is 5.87. The molecular formula is C15H11BrFNO2. The Morgan fingerprint density at radius 3 is 2.75 bits per heavy atom. The molecule has 0 spiro atoms. The van der Waals surface area contributed by atoms with Crippen molar-refractivity contribution in [3.8, 4) is 0 Å². The molecule has 2 aromatic rings. The fourth-order valence-corrected chi connectivity index (χ4v) is 2.11. The van der Waals surface area contributed by atoms with Crippen LogP contribution in [0.5, 0.6) is 0 Å². The molecule has 0 aliphatic carbocycles. The van der Waals surface area contributed by atoms with Crippen LogP contribution in [0.1, 0.15) is 26.3 Å². The van der Waals surface area contributed by atoms with Gasteiger partial charge in [-0.1, -0.05) is 18.2 Å². The zero-order chi connectivity index (χ0) is 14.5. The number of benzene rings is 2. The van der Waals surface area contributed by atoms with Crippen LogP contribution in [0.3, 0.4) is 0 Å². The van der Waals surface area contributed by atoms with Gasteiger partial charge in [0.15, 0.2) is 0 Å². The van der Waals surface area contributed by atoms with E-state index in [1.54, 1.807) is 30.3 Å². The van der Waals surface area contributed by atoms with Gasteiger partial charge in [0.25, 0.3) is 5.91 Å². The third kappa shape index (κ3) is 3.51. The summed E-state index contributed by atoms with van der Waals surface area (Å²) >= 11 is 3.09. The number of amides is 1. The minimum Gasteiger partial charge on any atom is -0.348 e. The Kier molecular flexibility index (Phi) is 4.63. The lowest BCUT2D eigenvalue weighted by atomic mass is 10.1. The van der Waals surface area contributed by atoms with E-state index in [1.165, 1.54) is 12.1 Å². The topological polar surface area (TPSA) is 46.2 Å². The Morgan fingerprint density at radius 2 is 2.05 bits per heavy atom. The van der Waals surface area contributed by atoms with Crippen molar-refractivity contribution in [2.75, 3.05) is 0 Å². The number of hydrogen-bond acceptors (Lipinski definition) is 2. The number of halogens is 2. The van der Waals surface area contributed by atoms with Gasteiger partial charge in [-0.3, -0.25) is 9.59 Å². The molecule has 3 nitrogen and oxygen atoms in total. The summed E-state index contributed by atoms with van der Waals surface area (Å²) in [6.45, 7) is 0.281. The smallest absolute Gasteiger partial charge is 0.251 e. The molecule has 102 valence electrons. The molecule has 5 heteroatoms. The summed E-state index contributed by atoms with van der Waals surface area (Å²) in [5, 5.41) is 2.72. The molecule has 0 saturated heterocycles. The molecule has 0 aliphatic heterocycles. The van der Waals surface area contributed by atoms with Gasteiger partial charge in [0, 0.05) is 17.7 Å². The van der Waals surface area contributed by atoms with Crippen molar-refractivity contribution in [2.24, 2.45) is 0 Å². The molecule has 0 fully saturated rings. The summed E-state index contributed by atoms with van der Waals surface area (Å²) < 4.78 is 13.4. The molecule has 2 aromatic carbocycles. The van der Waals surface area contributed by atoms with E-state index in [0.29, 0.717) is 21.9 Å². The number of rotatable bonds is 4. The highest BCUT2D eigenvalue weighted by Crippen LogP contribution is 2.16. The molecule has 0 bridgehead atoms. The number of carbonyl (C=O) groups is 2. The van der Waals surface area contributed by atoms with E-state index in [0.717, 1.165) is 5.56 Å². The summed E-state index contributed by atoms with van der Waals surface area (Å²) in [6.07, 6.45) is 0.688. The van der Waals surface area contributed by atoms with Crippen LogP contribution in [-0.2, 0) is 6.54 Å². The average molecular weight is 336 g/mol.